The van der Waals surface area contributed by atoms with Crippen LogP contribution in [0.3, 0.4) is 0 Å². The third-order valence-electron chi connectivity index (χ3n) is 4.13. The minimum absolute atomic E-state index is 0.00283. The molecule has 0 saturated heterocycles. The van der Waals surface area contributed by atoms with Gasteiger partial charge in [0.25, 0.3) is 17.5 Å². The van der Waals surface area contributed by atoms with Gasteiger partial charge >= 0.3 is 5.97 Å². The van der Waals surface area contributed by atoms with Crippen molar-refractivity contribution in [2.75, 3.05) is 25.5 Å². The average Bonchev–Trinajstić information content (AvgIpc) is 2.92. The van der Waals surface area contributed by atoms with E-state index in [0.717, 1.165) is 11.0 Å². The molecule has 9 nitrogen and oxygen atoms in total. The van der Waals surface area contributed by atoms with Gasteiger partial charge in [0.15, 0.2) is 0 Å². The van der Waals surface area contributed by atoms with Gasteiger partial charge in [-0.2, -0.15) is 0 Å². The summed E-state index contributed by atoms with van der Waals surface area (Å²) in [7, 11) is 1.53. The molecule has 0 bridgehead atoms. The highest BCUT2D eigenvalue weighted by Gasteiger charge is 2.34. The second-order valence-electron chi connectivity index (χ2n) is 5.68. The number of carbonyl (C=O) groups excluding carboxylic acids is 3. The topological polar surface area (TPSA) is 119 Å². The molecule has 2 aromatic rings. The number of hydrogen-bond acceptors (Lipinski definition) is 7. The molecule has 0 saturated carbocycles. The molecule has 0 atom stereocenters. The van der Waals surface area contributed by atoms with E-state index in [4.69, 9.17) is 4.74 Å². The number of anilines is 1. The quantitative estimate of drug-likeness (QED) is 0.358. The first-order valence-corrected chi connectivity index (χ1v) is 8.02. The lowest BCUT2D eigenvalue weighted by atomic mass is 10.1. The van der Waals surface area contributed by atoms with E-state index in [-0.39, 0.29) is 30.1 Å². The molecular formula is C18H15N3O6. The van der Waals surface area contributed by atoms with E-state index in [9.17, 15) is 24.5 Å². The SMILES string of the molecule is CNc1ccc(C(=O)OCCN2C(=O)c3ccccc3C2=O)cc1[N+](=O)[O-]. The van der Waals surface area contributed by atoms with Crippen LogP contribution in [0.15, 0.2) is 42.5 Å². The molecule has 1 N–H and O–H groups in total. The van der Waals surface area contributed by atoms with Crippen molar-refractivity contribution >= 4 is 29.2 Å². The summed E-state index contributed by atoms with van der Waals surface area (Å²) in [5.41, 5.74) is 0.636. The highest BCUT2D eigenvalue weighted by atomic mass is 16.6. The lowest BCUT2D eigenvalue weighted by Gasteiger charge is -2.14. The van der Waals surface area contributed by atoms with Gasteiger partial charge in [-0.3, -0.25) is 24.6 Å². The molecule has 27 heavy (non-hydrogen) atoms. The predicted octanol–water partition coefficient (Wildman–Crippen LogP) is 2.09. The molecule has 0 aromatic heterocycles. The number of amides is 2. The zero-order valence-electron chi connectivity index (χ0n) is 14.3. The molecular weight excluding hydrogens is 354 g/mol. The van der Waals surface area contributed by atoms with Gasteiger partial charge in [-0.1, -0.05) is 12.1 Å². The van der Waals surface area contributed by atoms with Crippen molar-refractivity contribution in [3.05, 3.63) is 69.3 Å². The van der Waals surface area contributed by atoms with E-state index in [0.29, 0.717) is 11.1 Å². The second kappa shape index (κ2) is 7.24. The van der Waals surface area contributed by atoms with Gasteiger partial charge in [-0.25, -0.2) is 4.79 Å². The van der Waals surface area contributed by atoms with Crippen LogP contribution in [-0.2, 0) is 4.74 Å². The van der Waals surface area contributed by atoms with Gasteiger partial charge in [0.05, 0.1) is 28.2 Å². The van der Waals surface area contributed by atoms with Crippen molar-refractivity contribution in [2.24, 2.45) is 0 Å². The number of imide groups is 1. The van der Waals surface area contributed by atoms with Crippen molar-refractivity contribution < 1.29 is 24.0 Å². The fourth-order valence-corrected chi connectivity index (χ4v) is 2.78. The summed E-state index contributed by atoms with van der Waals surface area (Å²) in [6.07, 6.45) is 0. The molecule has 0 fully saturated rings. The van der Waals surface area contributed by atoms with Crippen LogP contribution >= 0.6 is 0 Å². The third kappa shape index (κ3) is 3.34. The van der Waals surface area contributed by atoms with Crippen LogP contribution < -0.4 is 5.32 Å². The molecule has 9 heteroatoms. The number of esters is 1. The molecule has 1 aliphatic rings. The standard InChI is InChI=1S/C18H15N3O6/c1-19-14-7-6-11(10-15(14)21(25)26)18(24)27-9-8-20-16(22)12-4-2-3-5-13(12)17(20)23/h2-7,10,19H,8-9H2,1H3. The lowest BCUT2D eigenvalue weighted by molar-refractivity contribution is -0.384. The maximum atomic E-state index is 12.2. The van der Waals surface area contributed by atoms with E-state index in [2.05, 4.69) is 5.32 Å². The third-order valence-corrected chi connectivity index (χ3v) is 4.13. The van der Waals surface area contributed by atoms with Crippen LogP contribution in [-0.4, -0.2) is 47.8 Å². The number of hydrogen-bond donors (Lipinski definition) is 1. The number of nitro benzene ring substituents is 1. The largest absolute Gasteiger partial charge is 0.460 e. The van der Waals surface area contributed by atoms with Crippen molar-refractivity contribution in [2.45, 2.75) is 0 Å². The Labute approximate surface area is 153 Å². The number of carbonyl (C=O) groups is 3. The predicted molar refractivity (Wildman–Crippen MR) is 94.7 cm³/mol. The Hall–Kier alpha value is -3.75. The highest BCUT2D eigenvalue weighted by Crippen LogP contribution is 2.25. The number of nitrogens with one attached hydrogen (secondary N) is 1. The summed E-state index contributed by atoms with van der Waals surface area (Å²) >= 11 is 0. The maximum Gasteiger partial charge on any atom is 0.338 e. The van der Waals surface area contributed by atoms with E-state index >= 15 is 0 Å². The van der Waals surface area contributed by atoms with Crippen LogP contribution in [0, 0.1) is 10.1 Å². The first-order valence-electron chi connectivity index (χ1n) is 8.02. The fraction of sp³-hybridized carbons (Fsp3) is 0.167. The number of ether oxygens (including phenoxy) is 1. The van der Waals surface area contributed by atoms with Gasteiger partial charge in [-0.15, -0.1) is 0 Å². The first-order chi connectivity index (χ1) is 12.9. The fourth-order valence-electron chi connectivity index (χ4n) is 2.78. The first kappa shape index (κ1) is 18.1. The molecule has 0 aliphatic carbocycles. The molecule has 3 rings (SSSR count). The minimum Gasteiger partial charge on any atom is -0.460 e. The van der Waals surface area contributed by atoms with Crippen LogP contribution in [0.5, 0.6) is 0 Å². The smallest absolute Gasteiger partial charge is 0.338 e. The molecule has 2 aromatic carbocycles. The Morgan fingerprint density at radius 2 is 1.78 bits per heavy atom. The number of nitrogens with zero attached hydrogens (tertiary/aromatic N) is 2. The number of benzene rings is 2. The van der Waals surface area contributed by atoms with E-state index in [1.807, 2.05) is 0 Å². The van der Waals surface area contributed by atoms with Gasteiger partial charge < -0.3 is 10.1 Å². The molecule has 138 valence electrons. The molecule has 0 radical (unpaired) electrons. The number of fused-ring (bicyclic) bond motifs is 1. The van der Waals surface area contributed by atoms with Gasteiger partial charge in [0, 0.05) is 13.1 Å². The molecule has 1 heterocycles. The zero-order chi connectivity index (χ0) is 19.6. The van der Waals surface area contributed by atoms with E-state index in [1.165, 1.54) is 19.2 Å². The maximum absolute atomic E-state index is 12.2. The summed E-state index contributed by atoms with van der Waals surface area (Å²) in [6.45, 7) is -0.319. The Morgan fingerprint density at radius 3 is 2.33 bits per heavy atom. The average molecular weight is 369 g/mol. The monoisotopic (exact) mass is 369 g/mol. The van der Waals surface area contributed by atoms with Crippen molar-refractivity contribution in [1.82, 2.24) is 4.90 Å². The highest BCUT2D eigenvalue weighted by molar-refractivity contribution is 6.21. The summed E-state index contributed by atoms with van der Waals surface area (Å²) < 4.78 is 5.07. The number of nitro groups is 1. The lowest BCUT2D eigenvalue weighted by Crippen LogP contribution is -2.33. The summed E-state index contributed by atoms with van der Waals surface area (Å²) in [4.78, 5) is 48.0. The van der Waals surface area contributed by atoms with Gasteiger partial charge in [0.1, 0.15) is 12.3 Å². The van der Waals surface area contributed by atoms with Gasteiger partial charge in [0.2, 0.25) is 0 Å². The second-order valence-corrected chi connectivity index (χ2v) is 5.68. The Morgan fingerprint density at radius 1 is 1.15 bits per heavy atom. The Balaban J connectivity index is 1.64. The van der Waals surface area contributed by atoms with Crippen molar-refractivity contribution in [3.8, 4) is 0 Å². The van der Waals surface area contributed by atoms with Crippen LogP contribution in [0.1, 0.15) is 31.1 Å². The van der Waals surface area contributed by atoms with Crippen LogP contribution in [0.25, 0.3) is 0 Å². The van der Waals surface area contributed by atoms with Crippen molar-refractivity contribution in [1.29, 1.82) is 0 Å². The Kier molecular flexibility index (Phi) is 4.84. The Bertz CT molecular complexity index is 921. The van der Waals surface area contributed by atoms with E-state index in [1.54, 1.807) is 24.3 Å². The minimum atomic E-state index is -0.780. The molecule has 1 aliphatic heterocycles. The van der Waals surface area contributed by atoms with Crippen molar-refractivity contribution in [3.63, 3.8) is 0 Å². The van der Waals surface area contributed by atoms with E-state index < -0.39 is 22.7 Å². The summed E-state index contributed by atoms with van der Waals surface area (Å²) in [6, 6.07) is 10.3. The van der Waals surface area contributed by atoms with Crippen LogP contribution in [0.4, 0.5) is 11.4 Å². The zero-order valence-corrected chi connectivity index (χ0v) is 14.3. The van der Waals surface area contributed by atoms with Gasteiger partial charge in [-0.05, 0) is 24.3 Å². The summed E-state index contributed by atoms with van der Waals surface area (Å²) in [5.74, 6) is -1.67. The molecule has 2 amide bonds. The molecule has 0 spiro atoms. The molecule has 0 unspecified atom stereocenters. The van der Waals surface area contributed by atoms with Crippen LogP contribution in [0.2, 0.25) is 0 Å². The summed E-state index contributed by atoms with van der Waals surface area (Å²) in [5, 5.41) is 13.7. The normalized spacial score (nSPS) is 12.7. The number of rotatable bonds is 6.